The highest BCUT2D eigenvalue weighted by atomic mass is 16.5. The van der Waals surface area contributed by atoms with E-state index in [2.05, 4.69) is 15.3 Å². The van der Waals surface area contributed by atoms with Crippen LogP contribution in [0.1, 0.15) is 39.6 Å². The van der Waals surface area contributed by atoms with Gasteiger partial charge in [-0.1, -0.05) is 26.0 Å². The number of hydrogen-bond donors (Lipinski definition) is 2. The lowest BCUT2D eigenvalue weighted by molar-refractivity contribution is -0.154. The number of esters is 1. The van der Waals surface area contributed by atoms with Crippen molar-refractivity contribution in [1.29, 1.82) is 0 Å². The van der Waals surface area contributed by atoms with Crippen molar-refractivity contribution in [3.05, 3.63) is 40.4 Å². The topological polar surface area (TPSA) is 101 Å². The summed E-state index contributed by atoms with van der Waals surface area (Å²) in [5, 5.41) is 3.04. The molecule has 2 rings (SSSR count). The second-order valence-electron chi connectivity index (χ2n) is 5.97. The Morgan fingerprint density at radius 1 is 1.21 bits per heavy atom. The number of carbonyl (C=O) groups excluding carboxylic acids is 2. The van der Waals surface area contributed by atoms with Gasteiger partial charge in [-0.25, -0.2) is 9.78 Å². The van der Waals surface area contributed by atoms with E-state index >= 15 is 0 Å². The molecule has 0 aliphatic rings. The van der Waals surface area contributed by atoms with Gasteiger partial charge in [0.05, 0.1) is 10.9 Å². The van der Waals surface area contributed by atoms with E-state index in [0.29, 0.717) is 10.9 Å². The number of carbonyl (C=O) groups is 2. The third kappa shape index (κ3) is 3.98. The van der Waals surface area contributed by atoms with Crippen LogP contribution in [0.4, 0.5) is 0 Å². The molecular weight excluding hydrogens is 310 g/mol. The summed E-state index contributed by atoms with van der Waals surface area (Å²) in [6.45, 7) is 6.58. The zero-order chi connectivity index (χ0) is 17.9. The third-order valence-corrected chi connectivity index (χ3v) is 3.59. The highest BCUT2D eigenvalue weighted by molar-refractivity contribution is 5.83. The normalized spacial score (nSPS) is 13.5. The van der Waals surface area contributed by atoms with Crippen molar-refractivity contribution in [2.75, 3.05) is 0 Å². The van der Waals surface area contributed by atoms with Gasteiger partial charge in [0, 0.05) is 6.92 Å². The molecule has 1 amide bonds. The number of aromatic amines is 1. The fraction of sp³-hybridized carbons (Fsp3) is 0.412. The van der Waals surface area contributed by atoms with Crippen LogP contribution < -0.4 is 10.9 Å². The first kappa shape index (κ1) is 17.7. The van der Waals surface area contributed by atoms with Gasteiger partial charge in [-0.2, -0.15) is 0 Å². The van der Waals surface area contributed by atoms with Crippen LogP contribution in [0.2, 0.25) is 0 Å². The zero-order valence-electron chi connectivity index (χ0n) is 14.1. The van der Waals surface area contributed by atoms with Crippen LogP contribution in [-0.4, -0.2) is 27.9 Å². The van der Waals surface area contributed by atoms with E-state index in [1.807, 2.05) is 13.8 Å². The van der Waals surface area contributed by atoms with Crippen molar-refractivity contribution in [3.8, 4) is 0 Å². The van der Waals surface area contributed by atoms with E-state index in [9.17, 15) is 14.4 Å². The molecule has 24 heavy (non-hydrogen) atoms. The minimum Gasteiger partial charge on any atom is -0.453 e. The summed E-state index contributed by atoms with van der Waals surface area (Å²) in [4.78, 5) is 42.6. The highest BCUT2D eigenvalue weighted by Crippen LogP contribution is 2.16. The van der Waals surface area contributed by atoms with Crippen LogP contribution in [-0.2, 0) is 14.3 Å². The maximum Gasteiger partial charge on any atom is 0.329 e. The molecule has 7 nitrogen and oxygen atoms in total. The smallest absolute Gasteiger partial charge is 0.329 e. The molecule has 1 aromatic heterocycles. The Balaban J connectivity index is 2.22. The summed E-state index contributed by atoms with van der Waals surface area (Å²) < 4.78 is 5.38. The number of nitrogens with one attached hydrogen (secondary N) is 2. The average Bonchev–Trinajstić information content (AvgIpc) is 2.52. The standard InChI is InChI=1S/C17H21N3O4/c1-9(2)14(18-11(4)21)17(23)24-10(3)15-19-13-8-6-5-7-12(13)16(22)20-15/h5-10,14H,1-4H3,(H,18,21)(H,19,20,22)/t10-,14-/m1/s1. The number of H-pyrrole nitrogens is 1. The molecule has 1 aromatic carbocycles. The first-order valence-electron chi connectivity index (χ1n) is 7.76. The molecule has 0 fully saturated rings. The first-order valence-corrected chi connectivity index (χ1v) is 7.76. The van der Waals surface area contributed by atoms with Gasteiger partial charge in [0.1, 0.15) is 6.04 Å². The van der Waals surface area contributed by atoms with E-state index in [4.69, 9.17) is 4.74 Å². The molecule has 2 N–H and O–H groups in total. The molecule has 7 heteroatoms. The summed E-state index contributed by atoms with van der Waals surface area (Å²) in [6, 6.07) is 6.17. The van der Waals surface area contributed by atoms with Gasteiger partial charge < -0.3 is 15.0 Å². The minimum atomic E-state index is -0.753. The average molecular weight is 331 g/mol. The Kier molecular flexibility index (Phi) is 5.33. The van der Waals surface area contributed by atoms with Gasteiger partial charge in [0.2, 0.25) is 5.91 Å². The minimum absolute atomic E-state index is 0.128. The molecule has 2 aromatic rings. The maximum atomic E-state index is 12.3. The summed E-state index contributed by atoms with van der Waals surface area (Å²) >= 11 is 0. The Hall–Kier alpha value is -2.70. The zero-order valence-corrected chi connectivity index (χ0v) is 14.1. The lowest BCUT2D eigenvalue weighted by Crippen LogP contribution is -2.44. The molecular formula is C17H21N3O4. The Labute approximate surface area is 139 Å². The number of nitrogens with zero attached hydrogens (tertiary/aromatic N) is 1. The number of ether oxygens (including phenoxy) is 1. The van der Waals surface area contributed by atoms with Gasteiger partial charge in [-0.3, -0.25) is 9.59 Å². The van der Waals surface area contributed by atoms with Crippen molar-refractivity contribution in [2.24, 2.45) is 5.92 Å². The lowest BCUT2D eigenvalue weighted by atomic mass is 10.0. The molecule has 0 radical (unpaired) electrons. The lowest BCUT2D eigenvalue weighted by Gasteiger charge is -2.22. The summed E-state index contributed by atoms with van der Waals surface area (Å²) in [5.41, 5.74) is 0.238. The van der Waals surface area contributed by atoms with Crippen molar-refractivity contribution in [3.63, 3.8) is 0 Å². The molecule has 0 saturated carbocycles. The Morgan fingerprint density at radius 2 is 1.88 bits per heavy atom. The Bertz CT molecular complexity index is 813. The van der Waals surface area contributed by atoms with Gasteiger partial charge in [-0.05, 0) is 25.0 Å². The largest absolute Gasteiger partial charge is 0.453 e. The van der Waals surface area contributed by atoms with Crippen molar-refractivity contribution in [1.82, 2.24) is 15.3 Å². The SMILES string of the molecule is CC(=O)N[C@@H](C(=O)O[C@H](C)c1nc2ccccc2c(=O)[nH]1)C(C)C. The summed E-state index contributed by atoms with van der Waals surface area (Å²) in [7, 11) is 0. The van der Waals surface area contributed by atoms with Crippen LogP contribution in [0.3, 0.4) is 0 Å². The predicted octanol–water partition coefficient (Wildman–Crippen LogP) is 1.69. The van der Waals surface area contributed by atoms with Crippen LogP contribution in [0.5, 0.6) is 0 Å². The van der Waals surface area contributed by atoms with Gasteiger partial charge >= 0.3 is 5.97 Å². The van der Waals surface area contributed by atoms with E-state index in [1.54, 1.807) is 31.2 Å². The summed E-state index contributed by atoms with van der Waals surface area (Å²) in [6.07, 6.45) is -0.746. The number of para-hydroxylation sites is 1. The molecule has 0 aliphatic carbocycles. The molecule has 0 saturated heterocycles. The van der Waals surface area contributed by atoms with Crippen LogP contribution in [0.25, 0.3) is 10.9 Å². The molecule has 1 heterocycles. The fourth-order valence-electron chi connectivity index (χ4n) is 2.32. The molecule has 2 atom stereocenters. The summed E-state index contributed by atoms with van der Waals surface area (Å²) in [5.74, 6) is -0.742. The second kappa shape index (κ2) is 7.25. The fourth-order valence-corrected chi connectivity index (χ4v) is 2.32. The molecule has 0 spiro atoms. The van der Waals surface area contributed by atoms with E-state index in [1.165, 1.54) is 6.92 Å². The van der Waals surface area contributed by atoms with Crippen LogP contribution in [0.15, 0.2) is 29.1 Å². The molecule has 128 valence electrons. The van der Waals surface area contributed by atoms with Crippen molar-refractivity contribution in [2.45, 2.75) is 39.8 Å². The van der Waals surface area contributed by atoms with Crippen molar-refractivity contribution < 1.29 is 14.3 Å². The quantitative estimate of drug-likeness (QED) is 0.812. The monoisotopic (exact) mass is 331 g/mol. The third-order valence-electron chi connectivity index (χ3n) is 3.59. The molecule has 0 aliphatic heterocycles. The van der Waals surface area contributed by atoms with Crippen LogP contribution in [0, 0.1) is 5.92 Å². The Morgan fingerprint density at radius 3 is 2.50 bits per heavy atom. The highest BCUT2D eigenvalue weighted by Gasteiger charge is 2.27. The van der Waals surface area contributed by atoms with Gasteiger partial charge in [0.25, 0.3) is 5.56 Å². The number of hydrogen-bond acceptors (Lipinski definition) is 5. The maximum absolute atomic E-state index is 12.3. The van der Waals surface area contributed by atoms with E-state index < -0.39 is 18.1 Å². The van der Waals surface area contributed by atoms with Crippen molar-refractivity contribution >= 4 is 22.8 Å². The van der Waals surface area contributed by atoms with E-state index in [-0.39, 0.29) is 23.2 Å². The molecule has 0 bridgehead atoms. The van der Waals surface area contributed by atoms with Gasteiger partial charge in [-0.15, -0.1) is 0 Å². The second-order valence-corrected chi connectivity index (χ2v) is 5.97. The number of rotatable bonds is 5. The predicted molar refractivity (Wildman–Crippen MR) is 89.3 cm³/mol. The van der Waals surface area contributed by atoms with E-state index in [0.717, 1.165) is 0 Å². The van der Waals surface area contributed by atoms with Gasteiger partial charge in [0.15, 0.2) is 11.9 Å². The van der Waals surface area contributed by atoms with Crippen LogP contribution >= 0.6 is 0 Å². The number of aromatic nitrogens is 2. The molecule has 0 unspecified atom stereocenters. The number of benzene rings is 1. The number of amides is 1. The first-order chi connectivity index (χ1) is 11.3. The number of fused-ring (bicyclic) bond motifs is 1.